The van der Waals surface area contributed by atoms with Gasteiger partial charge >= 0.3 is 23.9 Å². The summed E-state index contributed by atoms with van der Waals surface area (Å²) in [5, 5.41) is 31.3. The van der Waals surface area contributed by atoms with Crippen LogP contribution >= 0.6 is 0 Å². The number of carbonyl (C=O) groups is 4. The van der Waals surface area contributed by atoms with Crippen LogP contribution in [0, 0.1) is 41.4 Å². The average molecular weight is 561 g/mol. The molecule has 220 valence electrons. The lowest BCUT2D eigenvalue weighted by Gasteiger charge is -2.46. The fraction of sp³-hybridized carbons (Fsp3) is 0.667. The molecule has 0 unspecified atom stereocenters. The van der Waals surface area contributed by atoms with Crippen LogP contribution in [0.3, 0.4) is 0 Å². The molecule has 1 saturated carbocycles. The smallest absolute Gasteiger partial charge is 0.336 e. The molecule has 40 heavy (non-hydrogen) atoms. The molecule has 2 aliphatic heterocycles. The lowest BCUT2D eigenvalue weighted by atomic mass is 9.61. The van der Waals surface area contributed by atoms with Crippen molar-refractivity contribution in [2.45, 2.75) is 59.0 Å². The summed E-state index contributed by atoms with van der Waals surface area (Å²) in [6.45, 7) is 6.71. The van der Waals surface area contributed by atoms with Gasteiger partial charge in [0, 0.05) is 11.5 Å². The van der Waals surface area contributed by atoms with Gasteiger partial charge in [-0.3, -0.25) is 4.79 Å². The second-order valence-corrected chi connectivity index (χ2v) is 12.2. The van der Waals surface area contributed by atoms with Crippen LogP contribution in [0.5, 0.6) is 0 Å². The van der Waals surface area contributed by atoms with Crippen molar-refractivity contribution >= 4 is 23.9 Å². The molecule has 10 heteroatoms. The Hall–Kier alpha value is -2.98. The molecule has 0 aromatic heterocycles. The largest absolute Gasteiger partial charge is 0.478 e. The van der Waals surface area contributed by atoms with E-state index in [4.69, 9.17) is 14.2 Å². The number of esters is 3. The molecule has 0 bridgehead atoms. The Morgan fingerprint density at radius 3 is 2.42 bits per heavy atom. The zero-order chi connectivity index (χ0) is 29.4. The molecule has 0 radical (unpaired) electrons. The van der Waals surface area contributed by atoms with Crippen molar-refractivity contribution in [1.29, 1.82) is 0 Å². The third-order valence-electron chi connectivity index (χ3n) is 9.19. The predicted molar refractivity (Wildman–Crippen MR) is 141 cm³/mol. The number of cyclic esters (lactones) is 2. The number of aliphatic hydroxyl groups excluding tert-OH is 1. The average Bonchev–Trinajstić information content (AvgIpc) is 3.18. The van der Waals surface area contributed by atoms with Crippen LogP contribution in [0.1, 0.15) is 53.4 Å². The SMILES string of the molecule is CC(C)[C@H]1CC[C@@](O)(COC(=O)/C(=C/[C@@H]2C3=C(CC[C@H]2C(C)C)COC3=O)CO)[C@H]2C(=O)OCC(C(=O)O)=C[C@H]12. The monoisotopic (exact) mass is 560 g/mol. The van der Waals surface area contributed by atoms with Crippen LogP contribution in [0.2, 0.25) is 0 Å². The van der Waals surface area contributed by atoms with E-state index < -0.39 is 67.1 Å². The van der Waals surface area contributed by atoms with Crippen molar-refractivity contribution in [3.8, 4) is 0 Å². The van der Waals surface area contributed by atoms with E-state index in [0.717, 1.165) is 18.4 Å². The molecule has 4 aliphatic rings. The summed E-state index contributed by atoms with van der Waals surface area (Å²) in [4.78, 5) is 50.5. The molecule has 0 aromatic carbocycles. The number of rotatable bonds is 8. The summed E-state index contributed by atoms with van der Waals surface area (Å²) in [6.07, 6.45) is 5.29. The van der Waals surface area contributed by atoms with Gasteiger partial charge in [-0.2, -0.15) is 0 Å². The number of carbonyl (C=O) groups excluding carboxylic acids is 3. The summed E-state index contributed by atoms with van der Waals surface area (Å²) in [6, 6.07) is 0. The van der Waals surface area contributed by atoms with Gasteiger partial charge in [0.05, 0.1) is 23.7 Å². The first-order valence-electron chi connectivity index (χ1n) is 14.1. The molecule has 3 N–H and O–H groups in total. The van der Waals surface area contributed by atoms with E-state index in [1.54, 1.807) is 6.08 Å². The molecule has 0 amide bonds. The highest BCUT2D eigenvalue weighted by Crippen LogP contribution is 2.48. The number of hydrogen-bond donors (Lipinski definition) is 3. The highest BCUT2D eigenvalue weighted by atomic mass is 16.6. The Bertz CT molecular complexity index is 1150. The Labute approximate surface area is 234 Å². The van der Waals surface area contributed by atoms with Gasteiger partial charge in [0.1, 0.15) is 25.4 Å². The Morgan fingerprint density at radius 2 is 1.80 bits per heavy atom. The van der Waals surface area contributed by atoms with Crippen LogP contribution < -0.4 is 0 Å². The fourth-order valence-corrected chi connectivity index (χ4v) is 6.96. The second kappa shape index (κ2) is 11.9. The summed E-state index contributed by atoms with van der Waals surface area (Å²) in [5.74, 6) is -5.05. The molecule has 4 rings (SSSR count). The van der Waals surface area contributed by atoms with Gasteiger partial charge in [0.25, 0.3) is 0 Å². The first-order valence-corrected chi connectivity index (χ1v) is 14.1. The van der Waals surface area contributed by atoms with E-state index in [-0.39, 0.29) is 47.8 Å². The van der Waals surface area contributed by atoms with Crippen molar-refractivity contribution in [2.75, 3.05) is 26.4 Å². The van der Waals surface area contributed by atoms with E-state index in [9.17, 15) is 34.5 Å². The lowest BCUT2D eigenvalue weighted by Crippen LogP contribution is -2.55. The molecule has 0 aromatic rings. The molecule has 6 atom stereocenters. The molecular weight excluding hydrogens is 520 g/mol. The van der Waals surface area contributed by atoms with E-state index in [1.807, 2.05) is 27.7 Å². The van der Waals surface area contributed by atoms with Gasteiger partial charge in [0.2, 0.25) is 0 Å². The molecule has 1 fully saturated rings. The zero-order valence-corrected chi connectivity index (χ0v) is 23.6. The number of ether oxygens (including phenoxy) is 3. The maximum atomic E-state index is 13.2. The molecule has 0 spiro atoms. The van der Waals surface area contributed by atoms with E-state index in [2.05, 4.69) is 0 Å². The van der Waals surface area contributed by atoms with Crippen molar-refractivity contribution in [2.24, 2.45) is 41.4 Å². The second-order valence-electron chi connectivity index (χ2n) is 12.2. The van der Waals surface area contributed by atoms with Crippen molar-refractivity contribution in [3.05, 3.63) is 34.4 Å². The number of aliphatic hydroxyl groups is 2. The van der Waals surface area contributed by atoms with Crippen LogP contribution in [0.15, 0.2) is 34.4 Å². The number of aliphatic carboxylic acids is 1. The number of fused-ring (bicyclic) bond motifs is 1. The van der Waals surface area contributed by atoms with Gasteiger partial charge in [-0.15, -0.1) is 0 Å². The lowest BCUT2D eigenvalue weighted by molar-refractivity contribution is -0.181. The molecule has 2 aliphatic carbocycles. The summed E-state index contributed by atoms with van der Waals surface area (Å²) >= 11 is 0. The topological polar surface area (TPSA) is 157 Å². The van der Waals surface area contributed by atoms with Crippen molar-refractivity contribution in [3.63, 3.8) is 0 Å². The minimum Gasteiger partial charge on any atom is -0.478 e. The maximum absolute atomic E-state index is 13.2. The summed E-state index contributed by atoms with van der Waals surface area (Å²) in [7, 11) is 0. The molecule has 10 nitrogen and oxygen atoms in total. The molecular formula is C30H40O10. The fourth-order valence-electron chi connectivity index (χ4n) is 6.96. The summed E-state index contributed by atoms with van der Waals surface area (Å²) in [5.41, 5.74) is -0.429. The Kier molecular flexibility index (Phi) is 8.89. The number of allylic oxidation sites excluding steroid dienone is 2. The quantitative estimate of drug-likeness (QED) is 0.229. The molecule has 2 heterocycles. The van der Waals surface area contributed by atoms with Crippen LogP contribution in [0.25, 0.3) is 0 Å². The zero-order valence-electron chi connectivity index (χ0n) is 23.6. The van der Waals surface area contributed by atoms with E-state index in [1.165, 1.54) is 6.08 Å². The van der Waals surface area contributed by atoms with Crippen LogP contribution in [-0.4, -0.2) is 71.2 Å². The van der Waals surface area contributed by atoms with Gasteiger partial charge in [-0.05, 0) is 60.8 Å². The maximum Gasteiger partial charge on any atom is 0.336 e. The van der Waals surface area contributed by atoms with E-state index in [0.29, 0.717) is 12.0 Å². The van der Waals surface area contributed by atoms with E-state index >= 15 is 0 Å². The normalized spacial score (nSPS) is 32.6. The summed E-state index contributed by atoms with van der Waals surface area (Å²) < 4.78 is 16.0. The van der Waals surface area contributed by atoms with Crippen molar-refractivity contribution < 1.29 is 48.7 Å². The van der Waals surface area contributed by atoms with Gasteiger partial charge in [0.15, 0.2) is 0 Å². The van der Waals surface area contributed by atoms with Crippen molar-refractivity contribution in [1.82, 2.24) is 0 Å². The van der Waals surface area contributed by atoms with Crippen LogP contribution in [-0.2, 0) is 33.4 Å². The Balaban J connectivity index is 1.58. The minimum atomic E-state index is -1.79. The predicted octanol–water partition coefficient (Wildman–Crippen LogP) is 2.58. The number of carboxylic acids is 1. The third kappa shape index (κ3) is 5.74. The molecule has 0 saturated heterocycles. The highest BCUT2D eigenvalue weighted by Gasteiger charge is 2.54. The van der Waals surface area contributed by atoms with Gasteiger partial charge < -0.3 is 29.5 Å². The third-order valence-corrected chi connectivity index (χ3v) is 9.19. The Morgan fingerprint density at radius 1 is 1.10 bits per heavy atom. The number of carboxylic acid groups (broad SMARTS) is 1. The van der Waals surface area contributed by atoms with Crippen LogP contribution in [0.4, 0.5) is 0 Å². The highest BCUT2D eigenvalue weighted by molar-refractivity contribution is 5.94. The van der Waals surface area contributed by atoms with Gasteiger partial charge in [-0.1, -0.05) is 39.8 Å². The first-order chi connectivity index (χ1) is 18.9. The minimum absolute atomic E-state index is 0.0448. The first kappa shape index (κ1) is 30.0. The standard InChI is InChI=1S/C30H40O10/c1-15(2)20-6-5-17-12-38-28(35)24(17)22(20)9-18(11-31)27(34)40-14-30(37)8-7-21(16(3)4)23-10-19(26(32)33)13-39-29(36)25(23)30/h9-10,15-16,20-23,25,31,37H,5-8,11-14H2,1-4H3,(H,32,33)/b18-9+/t20-,21+,22-,23+,25+,30+/m0/s1. The number of hydrogen-bond acceptors (Lipinski definition) is 9. The van der Waals surface area contributed by atoms with Gasteiger partial charge in [-0.25, -0.2) is 14.4 Å².